The fraction of sp³-hybridized carbons (Fsp3) is 0.222. The molecule has 0 atom stereocenters. The molecule has 0 radical (unpaired) electrons. The van der Waals surface area contributed by atoms with E-state index in [1.807, 2.05) is 41.3 Å². The van der Waals surface area contributed by atoms with Gasteiger partial charge in [-0.2, -0.15) is 0 Å². The molecule has 0 fully saturated rings. The van der Waals surface area contributed by atoms with Crippen LogP contribution in [-0.2, 0) is 17.6 Å². The van der Waals surface area contributed by atoms with Crippen molar-refractivity contribution < 1.29 is 9.32 Å². The number of amides is 1. The number of nitrogens with zero attached hydrogens (tertiary/aromatic N) is 2. The highest BCUT2D eigenvalue weighted by atomic mass is 79.9. The lowest BCUT2D eigenvalue weighted by Crippen LogP contribution is -2.36. The molecule has 5 heteroatoms. The third-order valence-corrected chi connectivity index (χ3v) is 4.73. The van der Waals surface area contributed by atoms with Crippen LogP contribution < -0.4 is 4.90 Å². The number of halogens is 1. The molecular formula is C18H15BrN2O2. The highest BCUT2D eigenvalue weighted by Gasteiger charge is 2.23. The number of aryl methyl sites for hydroxylation is 1. The van der Waals surface area contributed by atoms with Crippen molar-refractivity contribution in [2.75, 3.05) is 11.4 Å². The van der Waals surface area contributed by atoms with E-state index >= 15 is 0 Å². The number of anilines is 1. The van der Waals surface area contributed by atoms with Crippen LogP contribution in [0.15, 0.2) is 51.5 Å². The van der Waals surface area contributed by atoms with Crippen molar-refractivity contribution in [3.63, 3.8) is 0 Å². The molecule has 0 saturated carbocycles. The number of carbonyl (C=O) groups excluding carboxylic acids is 1. The molecule has 0 unspecified atom stereocenters. The molecule has 1 aliphatic rings. The summed E-state index contributed by atoms with van der Waals surface area (Å²) >= 11 is 3.45. The topological polar surface area (TPSA) is 46.3 Å². The standard InChI is InChI=1S/C18H15BrN2O2/c19-13-7-8-17-14(10-13)15(20-23-17)11-18(22)21-9-3-5-12-4-1-2-6-16(12)21/h1-2,4,6-8,10H,3,5,9,11H2. The van der Waals surface area contributed by atoms with Crippen molar-refractivity contribution in [2.45, 2.75) is 19.3 Å². The maximum Gasteiger partial charge on any atom is 0.233 e. The van der Waals surface area contributed by atoms with E-state index in [2.05, 4.69) is 27.2 Å². The smallest absolute Gasteiger partial charge is 0.233 e. The van der Waals surface area contributed by atoms with Crippen molar-refractivity contribution in [2.24, 2.45) is 0 Å². The average molecular weight is 371 g/mol. The van der Waals surface area contributed by atoms with Crippen molar-refractivity contribution in [1.82, 2.24) is 5.16 Å². The second-order valence-corrected chi connectivity index (χ2v) is 6.64. The first-order chi connectivity index (χ1) is 11.2. The fourth-order valence-corrected chi connectivity index (χ4v) is 3.48. The molecule has 0 N–H and O–H groups in total. The third kappa shape index (κ3) is 2.65. The van der Waals surface area contributed by atoms with Gasteiger partial charge in [0.05, 0.1) is 6.42 Å². The van der Waals surface area contributed by atoms with Gasteiger partial charge in [-0.15, -0.1) is 0 Å². The van der Waals surface area contributed by atoms with Gasteiger partial charge in [0.25, 0.3) is 0 Å². The minimum Gasteiger partial charge on any atom is -0.356 e. The SMILES string of the molecule is O=C(Cc1noc2ccc(Br)cc12)N1CCCc2ccccc21. The lowest BCUT2D eigenvalue weighted by molar-refractivity contribution is -0.118. The molecule has 1 aliphatic heterocycles. The van der Waals surface area contributed by atoms with Crippen molar-refractivity contribution in [3.8, 4) is 0 Å². The highest BCUT2D eigenvalue weighted by molar-refractivity contribution is 9.10. The van der Waals surface area contributed by atoms with Gasteiger partial charge < -0.3 is 9.42 Å². The van der Waals surface area contributed by atoms with E-state index in [0.29, 0.717) is 11.3 Å². The Morgan fingerprint density at radius 1 is 1.26 bits per heavy atom. The molecule has 0 saturated heterocycles. The molecule has 0 bridgehead atoms. The summed E-state index contributed by atoms with van der Waals surface area (Å²) in [7, 11) is 0. The number of hydrogen-bond acceptors (Lipinski definition) is 3. The summed E-state index contributed by atoms with van der Waals surface area (Å²) in [5, 5.41) is 4.97. The van der Waals surface area contributed by atoms with Crippen LogP contribution in [0.4, 0.5) is 5.69 Å². The second-order valence-electron chi connectivity index (χ2n) is 5.72. The maximum absolute atomic E-state index is 12.8. The Kier molecular flexibility index (Phi) is 3.65. The first kappa shape index (κ1) is 14.5. The molecule has 23 heavy (non-hydrogen) atoms. The predicted molar refractivity (Wildman–Crippen MR) is 92.5 cm³/mol. The minimum absolute atomic E-state index is 0.0623. The number of hydrogen-bond donors (Lipinski definition) is 0. The van der Waals surface area contributed by atoms with E-state index in [4.69, 9.17) is 4.52 Å². The Morgan fingerprint density at radius 2 is 2.13 bits per heavy atom. The van der Waals surface area contributed by atoms with Gasteiger partial charge in [-0.3, -0.25) is 4.79 Å². The van der Waals surface area contributed by atoms with Gasteiger partial charge in [0.2, 0.25) is 5.91 Å². The molecule has 1 amide bonds. The fourth-order valence-electron chi connectivity index (χ4n) is 3.12. The Labute approximate surface area is 142 Å². The van der Waals surface area contributed by atoms with Crippen molar-refractivity contribution in [1.29, 1.82) is 0 Å². The number of fused-ring (bicyclic) bond motifs is 2. The summed E-state index contributed by atoms with van der Waals surface area (Å²) in [5.74, 6) is 0.0623. The predicted octanol–water partition coefficient (Wildman–Crippen LogP) is 4.11. The van der Waals surface area contributed by atoms with Crippen LogP contribution in [-0.4, -0.2) is 17.6 Å². The van der Waals surface area contributed by atoms with Crippen molar-refractivity contribution >= 4 is 38.5 Å². The molecular weight excluding hydrogens is 356 g/mol. The Morgan fingerprint density at radius 3 is 3.04 bits per heavy atom. The van der Waals surface area contributed by atoms with E-state index in [0.717, 1.165) is 34.9 Å². The molecule has 2 heterocycles. The number of carbonyl (C=O) groups is 1. The molecule has 3 aromatic rings. The zero-order valence-corrected chi connectivity index (χ0v) is 14.0. The number of benzene rings is 2. The monoisotopic (exact) mass is 370 g/mol. The lowest BCUT2D eigenvalue weighted by atomic mass is 10.0. The van der Waals surface area contributed by atoms with E-state index in [9.17, 15) is 4.79 Å². The third-order valence-electron chi connectivity index (χ3n) is 4.24. The minimum atomic E-state index is 0.0623. The Balaban J connectivity index is 1.64. The lowest BCUT2D eigenvalue weighted by Gasteiger charge is -2.29. The number of rotatable bonds is 2. The molecule has 4 rings (SSSR count). The summed E-state index contributed by atoms with van der Waals surface area (Å²) in [4.78, 5) is 14.7. The van der Waals surface area contributed by atoms with Crippen LogP contribution in [0.3, 0.4) is 0 Å². The van der Waals surface area contributed by atoms with E-state index in [-0.39, 0.29) is 12.3 Å². The van der Waals surface area contributed by atoms with Gasteiger partial charge in [0.15, 0.2) is 5.58 Å². The first-order valence-corrected chi connectivity index (χ1v) is 8.44. The normalized spacial score (nSPS) is 14.0. The average Bonchev–Trinajstić information content (AvgIpc) is 2.96. The van der Waals surface area contributed by atoms with Gasteiger partial charge in [-0.25, -0.2) is 0 Å². The van der Waals surface area contributed by atoms with Gasteiger partial charge in [-0.05, 0) is 42.7 Å². The van der Waals surface area contributed by atoms with Crippen LogP contribution in [0.2, 0.25) is 0 Å². The zero-order chi connectivity index (χ0) is 15.8. The van der Waals surface area contributed by atoms with E-state index < -0.39 is 0 Å². The van der Waals surface area contributed by atoms with E-state index in [1.165, 1.54) is 5.56 Å². The molecule has 0 spiro atoms. The maximum atomic E-state index is 12.8. The van der Waals surface area contributed by atoms with Crippen LogP contribution in [0.25, 0.3) is 11.0 Å². The summed E-state index contributed by atoms with van der Waals surface area (Å²) in [6.45, 7) is 0.759. The molecule has 1 aromatic heterocycles. The first-order valence-electron chi connectivity index (χ1n) is 7.64. The molecule has 4 nitrogen and oxygen atoms in total. The summed E-state index contributed by atoms with van der Waals surface area (Å²) < 4.78 is 6.27. The molecule has 116 valence electrons. The van der Waals surface area contributed by atoms with Gasteiger partial charge in [0.1, 0.15) is 5.69 Å². The highest BCUT2D eigenvalue weighted by Crippen LogP contribution is 2.28. The number of aromatic nitrogens is 1. The van der Waals surface area contributed by atoms with Gasteiger partial charge >= 0.3 is 0 Å². The second kappa shape index (κ2) is 5.81. The number of para-hydroxylation sites is 1. The van der Waals surface area contributed by atoms with Crippen molar-refractivity contribution in [3.05, 3.63) is 58.2 Å². The van der Waals surface area contributed by atoms with Crippen LogP contribution >= 0.6 is 15.9 Å². The Hall–Kier alpha value is -2.14. The van der Waals surface area contributed by atoms with Crippen LogP contribution in [0.1, 0.15) is 17.7 Å². The Bertz CT molecular complexity index is 888. The van der Waals surface area contributed by atoms with E-state index in [1.54, 1.807) is 0 Å². The van der Waals surface area contributed by atoms with Crippen LogP contribution in [0, 0.1) is 0 Å². The zero-order valence-electron chi connectivity index (χ0n) is 12.5. The molecule has 0 aliphatic carbocycles. The van der Waals surface area contributed by atoms with Crippen LogP contribution in [0.5, 0.6) is 0 Å². The summed E-state index contributed by atoms with van der Waals surface area (Å²) in [5.41, 5.74) is 3.65. The van der Waals surface area contributed by atoms with Gasteiger partial charge in [0, 0.05) is 22.1 Å². The summed E-state index contributed by atoms with van der Waals surface area (Å²) in [6, 6.07) is 13.8. The molecule has 2 aromatic carbocycles. The largest absolute Gasteiger partial charge is 0.356 e. The summed E-state index contributed by atoms with van der Waals surface area (Å²) in [6.07, 6.45) is 2.27. The quantitative estimate of drug-likeness (QED) is 0.681. The van der Waals surface area contributed by atoms with Gasteiger partial charge in [-0.1, -0.05) is 39.3 Å².